The van der Waals surface area contributed by atoms with Gasteiger partial charge in [-0.15, -0.1) is 0 Å². The topological polar surface area (TPSA) is 43.4 Å². The second kappa shape index (κ2) is 4.97. The Hall–Kier alpha value is -2.65. The number of hydrogen-bond acceptors (Lipinski definition) is 2. The van der Waals surface area contributed by atoms with Crippen molar-refractivity contribution in [1.82, 2.24) is 3.97 Å². The normalized spacial score (nSPS) is 11.5. The first-order chi connectivity index (χ1) is 10.4. The summed E-state index contributed by atoms with van der Waals surface area (Å²) in [4.78, 5) is 3.26. The predicted octanol–water partition coefficient (Wildman–Crippen LogP) is 3.88. The largest absolute Gasteiger partial charge is 0.268 e. The molecule has 0 radical (unpaired) electrons. The SMILES string of the molecule is [C-]#[N+]c1cc(F)c2c(ccn2S(=O)(=O)c2ccc(C)cc2)c1. The average Bonchev–Trinajstić information content (AvgIpc) is 2.92. The zero-order valence-electron chi connectivity index (χ0n) is 11.6. The van der Waals surface area contributed by atoms with Crippen molar-refractivity contribution in [3.63, 3.8) is 0 Å². The molecular weight excluding hydrogens is 303 g/mol. The Morgan fingerprint density at radius 1 is 1.14 bits per heavy atom. The monoisotopic (exact) mass is 314 g/mol. The van der Waals surface area contributed by atoms with Crippen LogP contribution in [0.15, 0.2) is 53.6 Å². The maximum atomic E-state index is 14.2. The fourth-order valence-corrected chi connectivity index (χ4v) is 3.64. The minimum atomic E-state index is -3.88. The Balaban J connectivity index is 2.26. The van der Waals surface area contributed by atoms with Crippen molar-refractivity contribution in [1.29, 1.82) is 0 Å². The Kier molecular flexibility index (Phi) is 3.23. The minimum absolute atomic E-state index is 0.0482. The summed E-state index contributed by atoms with van der Waals surface area (Å²) in [6, 6.07) is 10.3. The second-order valence-corrected chi connectivity index (χ2v) is 6.72. The second-order valence-electron chi connectivity index (χ2n) is 4.91. The van der Waals surface area contributed by atoms with Crippen molar-refractivity contribution < 1.29 is 12.8 Å². The molecule has 4 nitrogen and oxygen atoms in total. The molecule has 0 spiro atoms. The van der Waals surface area contributed by atoms with Gasteiger partial charge in [-0.05, 0) is 42.6 Å². The molecule has 2 aromatic carbocycles. The van der Waals surface area contributed by atoms with Crippen molar-refractivity contribution >= 4 is 26.6 Å². The van der Waals surface area contributed by atoms with Crippen LogP contribution in [0, 0.1) is 19.3 Å². The fourth-order valence-electron chi connectivity index (χ4n) is 2.28. The first kappa shape index (κ1) is 14.3. The van der Waals surface area contributed by atoms with Crippen LogP contribution in [-0.4, -0.2) is 12.4 Å². The molecular formula is C16H11FN2O2S. The van der Waals surface area contributed by atoms with E-state index < -0.39 is 15.8 Å². The molecule has 0 saturated heterocycles. The first-order valence-electron chi connectivity index (χ1n) is 6.44. The highest BCUT2D eigenvalue weighted by atomic mass is 32.2. The van der Waals surface area contributed by atoms with Gasteiger partial charge in [-0.1, -0.05) is 17.7 Å². The molecule has 0 N–H and O–H groups in total. The summed E-state index contributed by atoms with van der Waals surface area (Å²) < 4.78 is 40.4. The predicted molar refractivity (Wildman–Crippen MR) is 81.9 cm³/mol. The van der Waals surface area contributed by atoms with Gasteiger partial charge in [0.25, 0.3) is 10.0 Å². The van der Waals surface area contributed by atoms with E-state index in [0.29, 0.717) is 5.39 Å². The molecule has 1 aromatic heterocycles. The van der Waals surface area contributed by atoms with E-state index in [-0.39, 0.29) is 16.1 Å². The maximum absolute atomic E-state index is 14.2. The van der Waals surface area contributed by atoms with Gasteiger partial charge in [0.2, 0.25) is 0 Å². The molecule has 0 aliphatic heterocycles. The van der Waals surface area contributed by atoms with Crippen LogP contribution in [-0.2, 0) is 10.0 Å². The van der Waals surface area contributed by atoms with Crippen LogP contribution in [0.5, 0.6) is 0 Å². The Labute approximate surface area is 127 Å². The van der Waals surface area contributed by atoms with E-state index in [1.807, 2.05) is 6.92 Å². The van der Waals surface area contributed by atoms with E-state index in [1.54, 1.807) is 12.1 Å². The third kappa shape index (κ3) is 2.16. The summed E-state index contributed by atoms with van der Waals surface area (Å²) >= 11 is 0. The number of aromatic nitrogens is 1. The van der Waals surface area contributed by atoms with Gasteiger partial charge in [-0.2, -0.15) is 0 Å². The highest BCUT2D eigenvalue weighted by Crippen LogP contribution is 2.28. The molecule has 6 heteroatoms. The summed E-state index contributed by atoms with van der Waals surface area (Å²) in [6.45, 7) is 8.79. The molecule has 0 aliphatic rings. The summed E-state index contributed by atoms with van der Waals surface area (Å²) in [5, 5.41) is 0.377. The zero-order valence-corrected chi connectivity index (χ0v) is 12.4. The van der Waals surface area contributed by atoms with Gasteiger partial charge in [0.1, 0.15) is 5.82 Å². The van der Waals surface area contributed by atoms with Gasteiger partial charge in [0, 0.05) is 6.20 Å². The lowest BCUT2D eigenvalue weighted by atomic mass is 10.2. The van der Waals surface area contributed by atoms with Gasteiger partial charge in [-0.25, -0.2) is 21.6 Å². The lowest BCUT2D eigenvalue weighted by Gasteiger charge is -2.08. The quantitative estimate of drug-likeness (QED) is 0.674. The van der Waals surface area contributed by atoms with Crippen molar-refractivity contribution in [2.24, 2.45) is 0 Å². The molecule has 1 heterocycles. The van der Waals surface area contributed by atoms with E-state index in [2.05, 4.69) is 4.85 Å². The molecule has 110 valence electrons. The molecule has 0 atom stereocenters. The number of aryl methyl sites for hydroxylation is 1. The molecule has 0 saturated carbocycles. The van der Waals surface area contributed by atoms with Crippen LogP contribution < -0.4 is 0 Å². The Morgan fingerprint density at radius 2 is 1.82 bits per heavy atom. The van der Waals surface area contributed by atoms with Crippen LogP contribution >= 0.6 is 0 Å². The molecule has 22 heavy (non-hydrogen) atoms. The first-order valence-corrected chi connectivity index (χ1v) is 7.88. The van der Waals surface area contributed by atoms with Gasteiger partial charge >= 0.3 is 0 Å². The standard InChI is InChI=1S/C16H11FN2O2S/c1-11-3-5-14(6-4-11)22(20,21)19-8-7-12-9-13(18-2)10-15(17)16(12)19/h3-10H,1H3. The lowest BCUT2D eigenvalue weighted by Crippen LogP contribution is -2.12. The maximum Gasteiger partial charge on any atom is 0.268 e. The number of benzene rings is 2. The minimum Gasteiger partial charge on any atom is -0.238 e. The Bertz CT molecular complexity index is 1010. The molecule has 3 aromatic rings. The molecule has 3 rings (SSSR count). The van der Waals surface area contributed by atoms with Gasteiger partial charge in [0.05, 0.1) is 17.0 Å². The van der Waals surface area contributed by atoms with Gasteiger partial charge in [-0.3, -0.25) is 0 Å². The van der Waals surface area contributed by atoms with E-state index >= 15 is 0 Å². The van der Waals surface area contributed by atoms with Crippen LogP contribution in [0.1, 0.15) is 5.56 Å². The Morgan fingerprint density at radius 3 is 2.45 bits per heavy atom. The third-order valence-electron chi connectivity index (χ3n) is 3.39. The summed E-state index contributed by atoms with van der Waals surface area (Å²) in [6.07, 6.45) is 1.30. The molecule has 0 unspecified atom stereocenters. The molecule has 0 fully saturated rings. The summed E-state index contributed by atoms with van der Waals surface area (Å²) in [5.41, 5.74) is 1.02. The molecule has 0 amide bonds. The smallest absolute Gasteiger partial charge is 0.238 e. The number of halogens is 1. The van der Waals surface area contributed by atoms with Crippen LogP contribution in [0.25, 0.3) is 15.7 Å². The van der Waals surface area contributed by atoms with Crippen molar-refractivity contribution in [2.75, 3.05) is 0 Å². The number of fused-ring (bicyclic) bond motifs is 1. The molecule has 0 bridgehead atoms. The van der Waals surface area contributed by atoms with Crippen LogP contribution in [0.2, 0.25) is 0 Å². The van der Waals surface area contributed by atoms with E-state index in [0.717, 1.165) is 15.6 Å². The van der Waals surface area contributed by atoms with Crippen LogP contribution in [0.3, 0.4) is 0 Å². The number of nitrogens with zero attached hydrogens (tertiary/aromatic N) is 2. The fraction of sp³-hybridized carbons (Fsp3) is 0.0625. The summed E-state index contributed by atoms with van der Waals surface area (Å²) in [7, 11) is -3.88. The van der Waals surface area contributed by atoms with Crippen molar-refractivity contribution in [3.8, 4) is 0 Å². The highest BCUT2D eigenvalue weighted by molar-refractivity contribution is 7.90. The summed E-state index contributed by atoms with van der Waals surface area (Å²) in [5.74, 6) is -0.732. The van der Waals surface area contributed by atoms with E-state index in [1.165, 1.54) is 30.5 Å². The van der Waals surface area contributed by atoms with Crippen molar-refractivity contribution in [3.05, 3.63) is 71.5 Å². The zero-order chi connectivity index (χ0) is 15.9. The number of hydrogen-bond donors (Lipinski definition) is 0. The number of rotatable bonds is 2. The third-order valence-corrected chi connectivity index (χ3v) is 5.08. The van der Waals surface area contributed by atoms with E-state index in [4.69, 9.17) is 6.57 Å². The van der Waals surface area contributed by atoms with Crippen molar-refractivity contribution in [2.45, 2.75) is 11.8 Å². The average molecular weight is 314 g/mol. The molecule has 0 aliphatic carbocycles. The highest BCUT2D eigenvalue weighted by Gasteiger charge is 2.21. The van der Waals surface area contributed by atoms with Gasteiger partial charge in [0.15, 0.2) is 5.69 Å². The van der Waals surface area contributed by atoms with Crippen LogP contribution in [0.4, 0.5) is 10.1 Å². The van der Waals surface area contributed by atoms with E-state index in [9.17, 15) is 12.8 Å². The lowest BCUT2D eigenvalue weighted by molar-refractivity contribution is 0.586. The van der Waals surface area contributed by atoms with Gasteiger partial charge < -0.3 is 0 Å².